The Labute approximate surface area is 254 Å². The van der Waals surface area contributed by atoms with Crippen LogP contribution in [0, 0.1) is 5.92 Å². The zero-order valence-corrected chi connectivity index (χ0v) is 24.2. The number of carbonyl (C=O) groups is 5. The van der Waals surface area contributed by atoms with Crippen LogP contribution in [0.2, 0.25) is 0 Å². The van der Waals surface area contributed by atoms with Crippen LogP contribution in [0.25, 0.3) is 21.8 Å². The second-order valence-electron chi connectivity index (χ2n) is 11.7. The molecule has 8 rings (SSSR count). The summed E-state index contributed by atoms with van der Waals surface area (Å²) in [5.74, 6) is -1.34. The average Bonchev–Trinajstić information content (AvgIpc) is 3.50. The summed E-state index contributed by atoms with van der Waals surface area (Å²) in [5, 5.41) is 7.20. The highest BCUT2D eigenvalue weighted by Gasteiger charge is 2.67. The number of H-pyrrole nitrogens is 3. The lowest BCUT2D eigenvalue weighted by Crippen LogP contribution is -2.31. The van der Waals surface area contributed by atoms with Gasteiger partial charge in [0.2, 0.25) is 11.7 Å². The van der Waals surface area contributed by atoms with Crippen molar-refractivity contribution in [2.75, 3.05) is 24.3 Å². The Balaban J connectivity index is 0.991. The molecule has 1 aliphatic heterocycles. The van der Waals surface area contributed by atoms with Gasteiger partial charge in [-0.3, -0.25) is 19.2 Å². The number of ether oxygens (including phenoxy) is 1. The van der Waals surface area contributed by atoms with Crippen molar-refractivity contribution in [3.8, 4) is 0 Å². The van der Waals surface area contributed by atoms with Gasteiger partial charge in [-0.1, -0.05) is 0 Å². The fourth-order valence-electron chi connectivity index (χ4n) is 6.88. The van der Waals surface area contributed by atoms with Gasteiger partial charge in [0.1, 0.15) is 17.1 Å². The SMILES string of the molecule is COC(=O)c1cc2cc(NC(=O)c3cc4cc(NC(=O)c5cc6c([nH]5)C(=O)C=C5N(C(C)=O)C[C@@H]7C[C@@]567)ccc4[nH]3)ccc2[nH]1. The summed E-state index contributed by atoms with van der Waals surface area (Å²) in [6.07, 6.45) is 2.38. The number of nitrogens with zero attached hydrogens (tertiary/aromatic N) is 1. The summed E-state index contributed by atoms with van der Waals surface area (Å²) in [4.78, 5) is 74.0. The number of fused-ring (bicyclic) bond motifs is 3. The fraction of sp³-hybridized carbons (Fsp3) is 0.182. The third kappa shape index (κ3) is 4.02. The number of methoxy groups -OCH3 is 1. The van der Waals surface area contributed by atoms with Gasteiger partial charge in [0.25, 0.3) is 11.8 Å². The topological polar surface area (TPSA) is 169 Å². The molecule has 1 spiro atoms. The number of hydrogen-bond acceptors (Lipinski definition) is 6. The third-order valence-electron chi connectivity index (χ3n) is 9.10. The molecule has 2 fully saturated rings. The number of rotatable bonds is 5. The quantitative estimate of drug-likeness (QED) is 0.186. The number of carbonyl (C=O) groups excluding carboxylic acids is 5. The van der Waals surface area contributed by atoms with Crippen LogP contribution < -0.4 is 10.6 Å². The van der Waals surface area contributed by atoms with Crippen LogP contribution in [0.3, 0.4) is 0 Å². The molecule has 1 saturated carbocycles. The second kappa shape index (κ2) is 9.29. The number of allylic oxidation sites excluding steroid dienone is 2. The third-order valence-corrected chi connectivity index (χ3v) is 9.10. The molecule has 5 N–H and O–H groups in total. The van der Waals surface area contributed by atoms with Crippen molar-refractivity contribution in [1.29, 1.82) is 0 Å². The normalized spacial score (nSPS) is 19.5. The first-order valence-electron chi connectivity index (χ1n) is 14.4. The van der Waals surface area contributed by atoms with Gasteiger partial charge in [0.15, 0.2) is 0 Å². The van der Waals surface area contributed by atoms with Gasteiger partial charge in [0, 0.05) is 63.8 Å². The van der Waals surface area contributed by atoms with E-state index in [1.165, 1.54) is 20.1 Å². The largest absolute Gasteiger partial charge is 0.464 e. The van der Waals surface area contributed by atoms with E-state index in [-0.39, 0.29) is 34.6 Å². The highest BCUT2D eigenvalue weighted by Crippen LogP contribution is 2.66. The molecule has 224 valence electrons. The first kappa shape index (κ1) is 26.7. The molecule has 2 aromatic carbocycles. The van der Waals surface area contributed by atoms with Crippen molar-refractivity contribution >= 4 is 62.7 Å². The number of likely N-dealkylation sites (tertiary alicyclic amines) is 1. The molecule has 0 bridgehead atoms. The van der Waals surface area contributed by atoms with Crippen molar-refractivity contribution in [3.05, 3.63) is 94.7 Å². The number of esters is 1. The zero-order chi connectivity index (χ0) is 31.2. The van der Waals surface area contributed by atoms with Gasteiger partial charge < -0.3 is 35.2 Å². The van der Waals surface area contributed by atoms with E-state index < -0.39 is 11.9 Å². The molecular weight excluding hydrogens is 576 g/mol. The molecule has 2 aliphatic carbocycles. The summed E-state index contributed by atoms with van der Waals surface area (Å²) < 4.78 is 4.76. The van der Waals surface area contributed by atoms with E-state index in [0.717, 1.165) is 28.6 Å². The van der Waals surface area contributed by atoms with E-state index in [4.69, 9.17) is 4.74 Å². The van der Waals surface area contributed by atoms with Gasteiger partial charge in [-0.25, -0.2) is 4.79 Å². The van der Waals surface area contributed by atoms with E-state index >= 15 is 0 Å². The van der Waals surface area contributed by atoms with E-state index in [1.807, 2.05) is 0 Å². The number of aromatic amines is 3. The maximum absolute atomic E-state index is 13.3. The van der Waals surface area contributed by atoms with Crippen LogP contribution in [0.15, 0.2) is 66.4 Å². The standard InChI is InChI=1S/C33H26N6O6/c1-15(40)39-14-18-13-33(18)21-11-25(38-29(21)27(41)12-28(33)39)31(43)35-19-3-5-22-16(7-19)9-24(36-22)30(42)34-20-4-6-23-17(8-20)10-26(37-23)32(44)45-2/h3-12,18,36-38H,13-14H2,1-2H3,(H,34,42)(H,35,43)/t18-,33-/m0/s1. The number of aromatic nitrogens is 3. The minimum atomic E-state index is -0.481. The van der Waals surface area contributed by atoms with Crippen LogP contribution in [-0.2, 0) is 14.9 Å². The molecule has 0 radical (unpaired) electrons. The van der Waals surface area contributed by atoms with E-state index in [0.29, 0.717) is 45.9 Å². The predicted octanol–water partition coefficient (Wildman–Crippen LogP) is 4.47. The number of amides is 3. The van der Waals surface area contributed by atoms with Crippen LogP contribution in [0.1, 0.15) is 60.9 Å². The molecule has 1 saturated heterocycles. The molecule has 4 heterocycles. The summed E-state index contributed by atoms with van der Waals surface area (Å²) in [6, 6.07) is 15.6. The highest BCUT2D eigenvalue weighted by atomic mass is 16.5. The van der Waals surface area contributed by atoms with Crippen molar-refractivity contribution in [3.63, 3.8) is 0 Å². The van der Waals surface area contributed by atoms with E-state index in [2.05, 4.69) is 25.6 Å². The van der Waals surface area contributed by atoms with Gasteiger partial charge in [-0.05, 0) is 72.5 Å². The first-order chi connectivity index (χ1) is 21.6. The Bertz CT molecular complexity index is 2200. The van der Waals surface area contributed by atoms with Crippen molar-refractivity contribution in [2.45, 2.75) is 18.8 Å². The smallest absolute Gasteiger partial charge is 0.354 e. The monoisotopic (exact) mass is 602 g/mol. The minimum Gasteiger partial charge on any atom is -0.464 e. The molecule has 2 atom stereocenters. The summed E-state index contributed by atoms with van der Waals surface area (Å²) in [7, 11) is 1.31. The van der Waals surface area contributed by atoms with Crippen LogP contribution in [-0.4, -0.2) is 63.0 Å². The maximum atomic E-state index is 13.3. The predicted molar refractivity (Wildman–Crippen MR) is 164 cm³/mol. The lowest BCUT2D eigenvalue weighted by atomic mass is 9.85. The van der Waals surface area contributed by atoms with Gasteiger partial charge >= 0.3 is 5.97 Å². The summed E-state index contributed by atoms with van der Waals surface area (Å²) in [5.41, 5.74) is 4.93. The van der Waals surface area contributed by atoms with Crippen LogP contribution >= 0.6 is 0 Å². The van der Waals surface area contributed by atoms with Crippen molar-refractivity contribution < 1.29 is 28.7 Å². The van der Waals surface area contributed by atoms with Crippen molar-refractivity contribution in [2.24, 2.45) is 5.92 Å². The van der Waals surface area contributed by atoms with E-state index in [9.17, 15) is 24.0 Å². The molecular formula is C33H26N6O6. The number of ketones is 1. The van der Waals surface area contributed by atoms with E-state index in [1.54, 1.807) is 59.5 Å². The Kier molecular flexibility index (Phi) is 5.51. The highest BCUT2D eigenvalue weighted by molar-refractivity contribution is 6.11. The molecule has 3 aliphatic rings. The van der Waals surface area contributed by atoms with Crippen molar-refractivity contribution in [1.82, 2.24) is 19.9 Å². The molecule has 3 amide bonds. The van der Waals surface area contributed by atoms with Gasteiger partial charge in [-0.15, -0.1) is 0 Å². The molecule has 5 aromatic rings. The average molecular weight is 603 g/mol. The Morgan fingerprint density at radius 2 is 1.44 bits per heavy atom. The number of nitrogens with one attached hydrogen (secondary N) is 5. The molecule has 0 unspecified atom stereocenters. The van der Waals surface area contributed by atoms with Crippen LogP contribution in [0.4, 0.5) is 11.4 Å². The number of anilines is 2. The van der Waals surface area contributed by atoms with Gasteiger partial charge in [-0.2, -0.15) is 0 Å². The number of piperidine rings is 1. The maximum Gasteiger partial charge on any atom is 0.354 e. The molecule has 3 aromatic heterocycles. The zero-order valence-electron chi connectivity index (χ0n) is 24.2. The van der Waals surface area contributed by atoms with Crippen LogP contribution in [0.5, 0.6) is 0 Å². The number of hydrogen-bond donors (Lipinski definition) is 5. The molecule has 12 nitrogen and oxygen atoms in total. The molecule has 12 heteroatoms. The molecule has 45 heavy (non-hydrogen) atoms. The first-order valence-corrected chi connectivity index (χ1v) is 14.4. The lowest BCUT2D eigenvalue weighted by Gasteiger charge is -2.26. The number of benzene rings is 2. The Hall–Kier alpha value is -5.91. The summed E-state index contributed by atoms with van der Waals surface area (Å²) in [6.45, 7) is 2.08. The minimum absolute atomic E-state index is 0.0906. The second-order valence-corrected chi connectivity index (χ2v) is 11.7. The Morgan fingerprint density at radius 1 is 0.844 bits per heavy atom. The fourth-order valence-corrected chi connectivity index (χ4v) is 6.88. The summed E-state index contributed by atoms with van der Waals surface area (Å²) >= 11 is 0. The lowest BCUT2D eigenvalue weighted by molar-refractivity contribution is -0.126. The van der Waals surface area contributed by atoms with Gasteiger partial charge in [0.05, 0.1) is 12.8 Å². The Morgan fingerprint density at radius 3 is 2.07 bits per heavy atom.